The van der Waals surface area contributed by atoms with E-state index in [4.69, 9.17) is 0 Å². The van der Waals surface area contributed by atoms with Crippen LogP contribution in [0, 0.1) is 0 Å². The van der Waals surface area contributed by atoms with Crippen LogP contribution in [0.25, 0.3) is 89.7 Å². The molecule has 40 heteroatoms. The van der Waals surface area contributed by atoms with E-state index in [1.165, 1.54) is 0 Å². The number of hydrogen-bond donors (Lipinski definition) is 2. The van der Waals surface area contributed by atoms with Gasteiger partial charge in [-0.15, -0.1) is 0 Å². The molecule has 9 rings (SSSR count). The normalized spacial score (nSPS) is 14.3. The molecule has 7 aromatic rings. The first-order valence-electron chi connectivity index (χ1n) is 23.3. The zero-order valence-corrected chi connectivity index (χ0v) is 41.7. The summed E-state index contributed by atoms with van der Waals surface area (Å²) in [5.74, 6) is -57.3. The lowest BCUT2D eigenvalue weighted by atomic mass is 10.1. The van der Waals surface area contributed by atoms with Gasteiger partial charge in [-0.3, -0.25) is 0 Å². The van der Waals surface area contributed by atoms with Crippen LogP contribution in [0.1, 0.15) is 0 Å². The minimum Gasteiger partial charge on any atom is -0.487 e. The molecule has 0 saturated heterocycles. The quantitative estimate of drug-likeness (QED) is 0.0897. The number of aromatic amines is 2. The van der Waals surface area contributed by atoms with E-state index in [0.29, 0.717) is 48.5 Å². The molecule has 0 unspecified atom stereocenters. The molecule has 5 heterocycles. The van der Waals surface area contributed by atoms with E-state index in [-0.39, 0.29) is 21.9 Å². The molecular formula is C48H22F28N8O4. The van der Waals surface area contributed by atoms with Crippen molar-refractivity contribution in [1.29, 1.82) is 0 Å². The van der Waals surface area contributed by atoms with Crippen molar-refractivity contribution >= 4 is 44.1 Å². The fraction of sp³-hybridized carbons (Fsp3) is 0.333. The summed E-state index contributed by atoms with van der Waals surface area (Å²) < 4.78 is 401. The van der Waals surface area contributed by atoms with E-state index in [9.17, 15) is 123 Å². The topological polar surface area (TPSA) is 146 Å². The van der Waals surface area contributed by atoms with Crippen molar-refractivity contribution in [2.24, 2.45) is 0 Å². The zero-order chi connectivity index (χ0) is 65.3. The van der Waals surface area contributed by atoms with E-state index in [2.05, 4.69) is 58.8 Å². The van der Waals surface area contributed by atoms with Gasteiger partial charge in [-0.2, -0.15) is 123 Å². The molecule has 0 amide bonds. The molecule has 0 saturated carbocycles. The molecule has 2 aliphatic rings. The number of alkyl halides is 28. The standard InChI is InChI=1S/C48H22F28N8O4/c49-37(50,41(57,58)45(65,66)67)13-85-17-1-5-21-25(9-17)33-77-29(21)81-34-26-10-18(86-14-38(51,52)42(59,60)46(68,69)70)2-6-22(26)31(78-34)83-36-28-12-20(88-16-40(55,56)44(63,64)48(74,75)76)4-8-24(28)32(80-36)84-35-27-11-19(3-7-23(27)30(79-35)82-33)87-15-39(53,54)43(61,62)47(71,72)73/h1-12H,13-16H2,(H2,77,78,79,80,81,82,83,84). The molecule has 2 aliphatic heterocycles. The van der Waals surface area contributed by atoms with Crippen LogP contribution in [0.2, 0.25) is 0 Å². The third-order valence-corrected chi connectivity index (χ3v) is 12.7. The summed E-state index contributed by atoms with van der Waals surface area (Å²) >= 11 is 0. The van der Waals surface area contributed by atoms with Crippen molar-refractivity contribution in [3.63, 3.8) is 0 Å². The SMILES string of the molecule is FC(F)(F)C(F)(F)C(F)(F)COc1ccc2c(c1)-c1nc-2nc2[nH]c(nc3nc(nc4[nH]c(n1)c1ccc(OCC(F)(F)C(F)(F)C(F)(F)F)cc41)-c1ccc(OCC(F)(F)C(F)(F)C(F)(F)F)cc1-3)c1ccc(OCC(F)(F)C(F)(F)C(F)(F)F)cc21. The van der Waals surface area contributed by atoms with E-state index >= 15 is 0 Å². The maximum Gasteiger partial charge on any atom is 0.460 e. The second-order valence-corrected chi connectivity index (χ2v) is 18.7. The van der Waals surface area contributed by atoms with Crippen molar-refractivity contribution < 1.29 is 142 Å². The number of aromatic nitrogens is 8. The molecular weight excluding hydrogens is 1280 g/mol. The largest absolute Gasteiger partial charge is 0.487 e. The molecule has 0 fully saturated rings. The highest BCUT2D eigenvalue weighted by Gasteiger charge is 2.76. The number of fused-ring (bicyclic) bond motifs is 20. The van der Waals surface area contributed by atoms with Crippen LogP contribution >= 0.6 is 0 Å². The maximum atomic E-state index is 14.4. The van der Waals surface area contributed by atoms with Crippen molar-refractivity contribution in [1.82, 2.24) is 39.9 Å². The first-order valence-corrected chi connectivity index (χ1v) is 23.3. The fourth-order valence-corrected chi connectivity index (χ4v) is 7.96. The summed E-state index contributed by atoms with van der Waals surface area (Å²) in [6.07, 6.45) is -27.3. The van der Waals surface area contributed by atoms with E-state index in [1.54, 1.807) is 0 Å². The first-order chi connectivity index (χ1) is 40.1. The molecule has 4 aromatic carbocycles. The average molecular weight is 1310 g/mol. The van der Waals surface area contributed by atoms with Gasteiger partial charge < -0.3 is 28.9 Å². The number of rotatable bonds is 16. The summed E-state index contributed by atoms with van der Waals surface area (Å²) in [4.78, 5) is 30.8. The Bertz CT molecular complexity index is 3800. The highest BCUT2D eigenvalue weighted by Crippen LogP contribution is 2.51. The van der Waals surface area contributed by atoms with Gasteiger partial charge >= 0.3 is 72.1 Å². The predicted octanol–water partition coefficient (Wildman–Crippen LogP) is 15.7. The van der Waals surface area contributed by atoms with Gasteiger partial charge in [-0.05, 0) is 72.8 Å². The van der Waals surface area contributed by atoms with Crippen molar-refractivity contribution in [3.8, 4) is 68.5 Å². The molecule has 2 N–H and O–H groups in total. The molecule has 88 heavy (non-hydrogen) atoms. The number of ether oxygens (including phenoxy) is 4. The Morgan fingerprint density at radius 1 is 0.261 bits per heavy atom. The Balaban J connectivity index is 1.29. The Labute approximate surface area is 465 Å². The lowest BCUT2D eigenvalue weighted by molar-refractivity contribution is -0.358. The number of halogens is 28. The second kappa shape index (κ2) is 20.5. The van der Waals surface area contributed by atoms with Crippen LogP contribution in [0.15, 0.2) is 72.8 Å². The summed E-state index contributed by atoms with van der Waals surface area (Å²) in [6, 6.07) is 8.60. The number of nitrogens with zero attached hydrogens (tertiary/aromatic N) is 6. The third-order valence-electron chi connectivity index (χ3n) is 12.7. The van der Waals surface area contributed by atoms with Gasteiger partial charge in [0.15, 0.2) is 49.7 Å². The third kappa shape index (κ3) is 10.9. The maximum absolute atomic E-state index is 14.4. The number of H-pyrrole nitrogens is 2. The van der Waals surface area contributed by atoms with Crippen molar-refractivity contribution in [2.75, 3.05) is 26.4 Å². The van der Waals surface area contributed by atoms with Crippen LogP contribution in [0.5, 0.6) is 23.0 Å². The minimum absolute atomic E-state index is 0.336. The molecule has 0 spiro atoms. The molecule has 0 radical (unpaired) electrons. The predicted molar refractivity (Wildman–Crippen MR) is 242 cm³/mol. The highest BCUT2D eigenvalue weighted by molar-refractivity contribution is 6.07. The fourth-order valence-electron chi connectivity index (χ4n) is 7.96. The van der Waals surface area contributed by atoms with Crippen LogP contribution in [-0.2, 0) is 0 Å². The van der Waals surface area contributed by atoms with Crippen LogP contribution in [0.3, 0.4) is 0 Å². The Morgan fingerprint density at radius 2 is 0.489 bits per heavy atom. The zero-order valence-electron chi connectivity index (χ0n) is 41.7. The molecule has 3 aromatic heterocycles. The molecule has 474 valence electrons. The Kier molecular flexibility index (Phi) is 14.9. The van der Waals surface area contributed by atoms with E-state index in [1.807, 2.05) is 0 Å². The monoisotopic (exact) mass is 1310 g/mol. The Hall–Kier alpha value is -8.52. The first kappa shape index (κ1) is 64.0. The van der Waals surface area contributed by atoms with Crippen molar-refractivity contribution in [2.45, 2.75) is 72.1 Å². The summed E-state index contributed by atoms with van der Waals surface area (Å²) in [6.45, 7) is -10.7. The van der Waals surface area contributed by atoms with E-state index in [0.717, 1.165) is 24.3 Å². The lowest BCUT2D eigenvalue weighted by Gasteiger charge is -2.28. The van der Waals surface area contributed by atoms with Gasteiger partial charge in [0.2, 0.25) is 0 Å². The van der Waals surface area contributed by atoms with Gasteiger partial charge in [0.05, 0.1) is 0 Å². The number of benzene rings is 4. The van der Waals surface area contributed by atoms with E-state index < -0.39 is 189 Å². The molecule has 8 bridgehead atoms. The summed E-state index contributed by atoms with van der Waals surface area (Å²) in [5.41, 5.74) is -4.16. The molecule has 12 nitrogen and oxygen atoms in total. The van der Waals surface area contributed by atoms with Crippen molar-refractivity contribution in [3.05, 3.63) is 72.8 Å². The second-order valence-electron chi connectivity index (χ2n) is 18.7. The van der Waals surface area contributed by atoms with Gasteiger partial charge in [-0.1, -0.05) is 0 Å². The Morgan fingerprint density at radius 3 is 0.750 bits per heavy atom. The minimum atomic E-state index is -6.83. The summed E-state index contributed by atoms with van der Waals surface area (Å²) in [7, 11) is 0. The average Bonchev–Trinajstić information content (AvgIpc) is 1.80. The highest BCUT2D eigenvalue weighted by atomic mass is 19.5. The van der Waals surface area contributed by atoms with Gasteiger partial charge in [-0.25, -0.2) is 29.9 Å². The summed E-state index contributed by atoms with van der Waals surface area (Å²) in [5, 5.41) is -1.61. The van der Waals surface area contributed by atoms with Gasteiger partial charge in [0.25, 0.3) is 0 Å². The molecule has 0 aliphatic carbocycles. The number of nitrogens with one attached hydrogen (secondary N) is 2. The van der Waals surface area contributed by atoms with Crippen LogP contribution < -0.4 is 18.9 Å². The van der Waals surface area contributed by atoms with Gasteiger partial charge in [0, 0.05) is 43.8 Å². The molecule has 0 atom stereocenters. The van der Waals surface area contributed by atoms with Crippen LogP contribution in [0.4, 0.5) is 123 Å². The van der Waals surface area contributed by atoms with Crippen LogP contribution in [-0.4, -0.2) is 138 Å². The smallest absolute Gasteiger partial charge is 0.460 e. The number of hydrogen-bond acceptors (Lipinski definition) is 10. The lowest BCUT2D eigenvalue weighted by Crippen LogP contribution is -2.54. The van der Waals surface area contributed by atoms with Gasteiger partial charge in [0.1, 0.15) is 45.6 Å².